The minimum atomic E-state index is -0.949. The van der Waals surface area contributed by atoms with E-state index in [-0.39, 0.29) is 24.4 Å². The number of carbonyl (C=O) groups is 3. The first-order valence-corrected chi connectivity index (χ1v) is 19.6. The van der Waals surface area contributed by atoms with E-state index in [4.69, 9.17) is 42.1 Å². The molecule has 2 aliphatic heterocycles. The van der Waals surface area contributed by atoms with Crippen LogP contribution in [-0.2, 0) is 23.7 Å². The molecule has 0 fully saturated rings. The van der Waals surface area contributed by atoms with Crippen LogP contribution in [0.2, 0.25) is 10.0 Å². The number of carbonyl (C=O) groups excluding carboxylic acids is 3. The molecule has 268 valence electrons. The third-order valence-electron chi connectivity index (χ3n) is 7.94. The van der Waals surface area contributed by atoms with Gasteiger partial charge in [-0.05, 0) is 87.8 Å². The molecule has 4 unspecified atom stereocenters. The lowest BCUT2D eigenvalue weighted by atomic mass is 9.80. The van der Waals surface area contributed by atoms with Gasteiger partial charge < -0.3 is 18.9 Å². The van der Waals surface area contributed by atoms with Gasteiger partial charge in [0.15, 0.2) is 5.78 Å². The quantitative estimate of drug-likeness (QED) is 0.175. The summed E-state index contributed by atoms with van der Waals surface area (Å²) >= 11 is 15.5. The zero-order valence-electron chi connectivity index (χ0n) is 28.9. The van der Waals surface area contributed by atoms with Crippen LogP contribution in [0, 0.1) is 0 Å². The van der Waals surface area contributed by atoms with Crippen molar-refractivity contribution in [1.29, 1.82) is 0 Å². The molecule has 0 bridgehead atoms. The van der Waals surface area contributed by atoms with Crippen LogP contribution in [0.25, 0.3) is 0 Å². The molecule has 2 aliphatic rings. The maximum absolute atomic E-state index is 15.9. The second-order valence-corrected chi connectivity index (χ2v) is 13.5. The number of thioether (sulfide) groups is 2. The van der Waals surface area contributed by atoms with E-state index in [0.717, 1.165) is 0 Å². The number of ketones is 1. The van der Waals surface area contributed by atoms with Crippen LogP contribution in [0.3, 0.4) is 0 Å². The first-order chi connectivity index (χ1) is 24.1. The summed E-state index contributed by atoms with van der Waals surface area (Å²) in [6.45, 7) is 8.19. The molecule has 9 nitrogen and oxygen atoms in total. The highest BCUT2D eigenvalue weighted by Crippen LogP contribution is 2.46. The molecule has 50 heavy (non-hydrogen) atoms. The van der Waals surface area contributed by atoms with Gasteiger partial charge in [-0.25, -0.2) is 9.59 Å². The van der Waals surface area contributed by atoms with Gasteiger partial charge in [0.1, 0.15) is 10.9 Å². The van der Waals surface area contributed by atoms with E-state index in [1.54, 1.807) is 86.9 Å². The molecule has 4 atom stereocenters. The second kappa shape index (κ2) is 18.9. The van der Waals surface area contributed by atoms with Crippen LogP contribution >= 0.6 is 46.7 Å². The molecular weight excluding hydrogens is 719 g/mol. The highest BCUT2D eigenvalue weighted by Gasteiger charge is 2.44. The zero-order chi connectivity index (χ0) is 36.4. The molecule has 13 heteroatoms. The van der Waals surface area contributed by atoms with E-state index in [2.05, 4.69) is 0 Å². The summed E-state index contributed by atoms with van der Waals surface area (Å²) in [5.74, 6) is -0.412. The van der Waals surface area contributed by atoms with E-state index >= 15 is 4.79 Å². The first kappa shape index (κ1) is 39.6. The molecule has 0 N–H and O–H groups in total. The monoisotopic (exact) mass is 760 g/mol. The Balaban J connectivity index is 2.12. The van der Waals surface area contributed by atoms with E-state index in [0.29, 0.717) is 45.5 Å². The Labute approximate surface area is 312 Å². The fraction of sp³-hybridized carbons (Fsp3) is 0.378. The number of rotatable bonds is 14. The number of Topliss-reactive ketones (excluding diaryl/α,β-unsaturated/α-hetero) is 1. The van der Waals surface area contributed by atoms with E-state index in [9.17, 15) is 9.59 Å². The third kappa shape index (κ3) is 8.81. The predicted octanol–water partition coefficient (Wildman–Crippen LogP) is 9.36. The van der Waals surface area contributed by atoms with Crippen molar-refractivity contribution in [2.75, 3.05) is 38.9 Å². The Bertz CT molecular complexity index is 1520. The van der Waals surface area contributed by atoms with Crippen LogP contribution in [0.1, 0.15) is 50.9 Å². The van der Waals surface area contributed by atoms with Gasteiger partial charge in [0.25, 0.3) is 0 Å². The van der Waals surface area contributed by atoms with Gasteiger partial charge in [-0.3, -0.25) is 14.6 Å². The van der Waals surface area contributed by atoms with Crippen molar-refractivity contribution in [1.82, 2.24) is 9.80 Å². The van der Waals surface area contributed by atoms with Crippen LogP contribution < -0.4 is 0 Å². The highest BCUT2D eigenvalue weighted by atomic mass is 35.5. The Morgan fingerprint density at radius 1 is 0.640 bits per heavy atom. The topological polar surface area (TPSA) is 94.6 Å². The largest absolute Gasteiger partial charge is 0.449 e. The summed E-state index contributed by atoms with van der Waals surface area (Å²) in [6.07, 6.45) is 9.20. The van der Waals surface area contributed by atoms with Gasteiger partial charge >= 0.3 is 12.2 Å². The summed E-state index contributed by atoms with van der Waals surface area (Å²) in [6, 6.07) is 12.1. The molecule has 0 saturated heterocycles. The maximum atomic E-state index is 15.9. The van der Waals surface area contributed by atoms with Crippen molar-refractivity contribution in [2.24, 2.45) is 0 Å². The highest BCUT2D eigenvalue weighted by molar-refractivity contribution is 7.99. The Hall–Kier alpha value is -3.19. The number of amides is 2. The average molecular weight is 762 g/mol. The molecule has 0 saturated carbocycles. The van der Waals surface area contributed by atoms with Crippen molar-refractivity contribution in [2.45, 2.75) is 50.7 Å². The summed E-state index contributed by atoms with van der Waals surface area (Å²) in [5, 5.41) is 0.983. The summed E-state index contributed by atoms with van der Waals surface area (Å²) in [5.41, 5.74) is 1.78. The van der Waals surface area contributed by atoms with E-state index in [1.807, 2.05) is 26.4 Å². The minimum Gasteiger partial charge on any atom is -0.449 e. The molecule has 2 heterocycles. The van der Waals surface area contributed by atoms with Gasteiger partial charge in [-0.1, -0.05) is 47.5 Å². The third-order valence-corrected chi connectivity index (χ3v) is 10.1. The molecule has 2 aromatic carbocycles. The fourth-order valence-corrected chi connectivity index (χ4v) is 7.59. The first-order valence-electron chi connectivity index (χ1n) is 16.2. The number of halogens is 2. The van der Waals surface area contributed by atoms with Crippen LogP contribution in [-0.4, -0.2) is 77.6 Å². The smallest absolute Gasteiger partial charge is 0.414 e. The number of hydrogen-bond acceptors (Lipinski definition) is 9. The average Bonchev–Trinajstić information content (AvgIpc) is 3.12. The predicted molar refractivity (Wildman–Crippen MR) is 201 cm³/mol. The number of nitrogens with zero attached hydrogens (tertiary/aromatic N) is 2. The van der Waals surface area contributed by atoms with Crippen LogP contribution in [0.5, 0.6) is 0 Å². The lowest BCUT2D eigenvalue weighted by Crippen LogP contribution is -2.41. The molecule has 0 radical (unpaired) electrons. The lowest BCUT2D eigenvalue weighted by Gasteiger charge is -2.39. The molecule has 2 amide bonds. The number of ether oxygens (including phenoxy) is 4. The van der Waals surface area contributed by atoms with Crippen molar-refractivity contribution in [3.05, 3.63) is 117 Å². The standard InChI is InChI=1S/C37H42Cl2N2O7S2/c1-7-45-34(49-5)27-19-21-40(36(43)47-9-3)31(23-11-15-25(38)16-12-23)29(27)33(42)30-28(35(50-6)46-8-2)20-22-41(37(44)48-10-4)32(30)24-13-17-26(39)18-14-24/h11-22,31-32,34-35H,7-10H2,1-6H3. The summed E-state index contributed by atoms with van der Waals surface area (Å²) in [4.78, 5) is 45.9. The molecule has 0 spiro atoms. The van der Waals surface area contributed by atoms with E-state index in [1.165, 1.54) is 33.3 Å². The van der Waals surface area contributed by atoms with Gasteiger partial charge in [-0.15, -0.1) is 23.5 Å². The SMILES string of the molecule is CCOC(=O)N1C=CC(C(OCC)SC)=C(C(=O)C2=C(C(OCC)SC)C=CN(C(=O)OCC)C2c2ccc(Cl)cc2)C1c1ccc(Cl)cc1. The van der Waals surface area contributed by atoms with Gasteiger partial charge in [0, 0.05) is 58.0 Å². The van der Waals surface area contributed by atoms with Crippen molar-refractivity contribution in [3.63, 3.8) is 0 Å². The molecule has 0 aliphatic carbocycles. The Morgan fingerprint density at radius 2 is 1.00 bits per heavy atom. The molecule has 2 aromatic rings. The summed E-state index contributed by atoms with van der Waals surface area (Å²) in [7, 11) is 0. The Kier molecular flexibility index (Phi) is 14.9. The minimum absolute atomic E-state index is 0.125. The van der Waals surface area contributed by atoms with Crippen LogP contribution in [0.4, 0.5) is 9.59 Å². The molecule has 4 rings (SSSR count). The van der Waals surface area contributed by atoms with Crippen molar-refractivity contribution < 1.29 is 33.3 Å². The molecular formula is C37H42Cl2N2O7S2. The van der Waals surface area contributed by atoms with Crippen molar-refractivity contribution >= 4 is 64.7 Å². The van der Waals surface area contributed by atoms with Gasteiger partial charge in [0.2, 0.25) is 0 Å². The second-order valence-electron chi connectivity index (χ2n) is 10.9. The van der Waals surface area contributed by atoms with E-state index < -0.39 is 40.9 Å². The number of benzene rings is 2. The normalized spacial score (nSPS) is 18.7. The Morgan fingerprint density at radius 3 is 1.30 bits per heavy atom. The maximum Gasteiger partial charge on any atom is 0.414 e. The zero-order valence-corrected chi connectivity index (χ0v) is 32.0. The van der Waals surface area contributed by atoms with Gasteiger partial charge in [-0.2, -0.15) is 0 Å². The van der Waals surface area contributed by atoms with Crippen LogP contribution in [0.15, 0.2) is 95.4 Å². The van der Waals surface area contributed by atoms with Gasteiger partial charge in [0.05, 0.1) is 25.3 Å². The number of hydrogen-bond donors (Lipinski definition) is 0. The fourth-order valence-electron chi connectivity index (χ4n) is 5.88. The lowest BCUT2D eigenvalue weighted by molar-refractivity contribution is -0.113. The molecule has 0 aromatic heterocycles. The van der Waals surface area contributed by atoms with Crippen molar-refractivity contribution in [3.8, 4) is 0 Å². The summed E-state index contributed by atoms with van der Waals surface area (Å²) < 4.78 is 23.4.